The van der Waals surface area contributed by atoms with Crippen molar-refractivity contribution in [2.24, 2.45) is 5.73 Å². The highest BCUT2D eigenvalue weighted by atomic mass is 79.9. The molecule has 0 amide bonds. The first-order valence-electron chi connectivity index (χ1n) is 5.88. The van der Waals surface area contributed by atoms with Crippen LogP contribution in [-0.4, -0.2) is 11.0 Å². The zero-order valence-corrected chi connectivity index (χ0v) is 14.3. The molecule has 0 saturated heterocycles. The smallest absolute Gasteiger partial charge is 0.148 e. The molecule has 0 spiro atoms. The highest BCUT2D eigenvalue weighted by molar-refractivity contribution is 9.11. The highest BCUT2D eigenvalue weighted by Crippen LogP contribution is 2.33. The number of ether oxygens (including phenoxy) is 1. The van der Waals surface area contributed by atoms with E-state index < -0.39 is 0 Å². The van der Waals surface area contributed by atoms with Crippen molar-refractivity contribution in [2.75, 3.05) is 0 Å². The summed E-state index contributed by atoms with van der Waals surface area (Å²) in [6, 6.07) is 5.90. The molecule has 0 aliphatic rings. The van der Waals surface area contributed by atoms with E-state index in [4.69, 9.17) is 10.5 Å². The first-order chi connectivity index (χ1) is 9.10. The molecule has 0 radical (unpaired) electrons. The minimum Gasteiger partial charge on any atom is -0.482 e. The number of halogens is 2. The fourth-order valence-electron chi connectivity index (χ4n) is 1.66. The maximum atomic E-state index is 6.18. The summed E-state index contributed by atoms with van der Waals surface area (Å²) in [7, 11) is 0. The molecule has 0 saturated carbocycles. The van der Waals surface area contributed by atoms with Gasteiger partial charge in [0.05, 0.1) is 9.98 Å². The predicted octanol–water partition coefficient (Wildman–Crippen LogP) is 4.53. The number of rotatable bonds is 5. The quantitative estimate of drug-likeness (QED) is 0.794. The third kappa shape index (κ3) is 4.02. The third-order valence-electron chi connectivity index (χ3n) is 2.68. The lowest BCUT2D eigenvalue weighted by Crippen LogP contribution is -2.30. The zero-order chi connectivity index (χ0) is 13.8. The van der Waals surface area contributed by atoms with Crippen LogP contribution in [0.25, 0.3) is 0 Å². The summed E-state index contributed by atoms with van der Waals surface area (Å²) in [4.78, 5) is 5.21. The summed E-state index contributed by atoms with van der Waals surface area (Å²) in [5.74, 6) is 0.716. The third-order valence-corrected chi connectivity index (χ3v) is 4.80. The molecule has 102 valence electrons. The van der Waals surface area contributed by atoms with Gasteiger partial charge in [-0.25, -0.2) is 0 Å². The van der Waals surface area contributed by atoms with E-state index >= 15 is 0 Å². The van der Waals surface area contributed by atoms with Crippen LogP contribution < -0.4 is 10.5 Å². The van der Waals surface area contributed by atoms with Crippen molar-refractivity contribution in [3.8, 4) is 5.75 Å². The summed E-state index contributed by atoms with van der Waals surface area (Å²) in [6.45, 7) is 2.06. The molecule has 3 nitrogen and oxygen atoms in total. The minimum atomic E-state index is -0.155. The lowest BCUT2D eigenvalue weighted by molar-refractivity contribution is 0.174. The van der Waals surface area contributed by atoms with E-state index in [9.17, 15) is 0 Å². The van der Waals surface area contributed by atoms with Crippen LogP contribution in [0.4, 0.5) is 0 Å². The van der Waals surface area contributed by atoms with E-state index in [1.807, 2.05) is 18.2 Å². The van der Waals surface area contributed by atoms with Crippen LogP contribution in [0.3, 0.4) is 0 Å². The van der Waals surface area contributed by atoms with Gasteiger partial charge in [0.25, 0.3) is 0 Å². The minimum absolute atomic E-state index is 0.0514. The van der Waals surface area contributed by atoms with Crippen molar-refractivity contribution in [2.45, 2.75) is 25.5 Å². The summed E-state index contributed by atoms with van der Waals surface area (Å²) >= 11 is 8.50. The van der Waals surface area contributed by atoms with Gasteiger partial charge in [-0.2, -0.15) is 0 Å². The summed E-state index contributed by atoms with van der Waals surface area (Å²) in [5.41, 5.74) is 6.18. The van der Waals surface area contributed by atoms with Gasteiger partial charge in [0.1, 0.15) is 11.9 Å². The maximum absolute atomic E-state index is 6.18. The number of thiophene rings is 1. The fourth-order valence-corrected chi connectivity index (χ4v) is 3.53. The van der Waals surface area contributed by atoms with Crippen LogP contribution in [0.5, 0.6) is 5.75 Å². The lowest BCUT2D eigenvalue weighted by atomic mass is 10.1. The van der Waals surface area contributed by atoms with E-state index in [1.54, 1.807) is 23.7 Å². The Hall–Kier alpha value is -0.430. The lowest BCUT2D eigenvalue weighted by Gasteiger charge is -2.23. The topological polar surface area (TPSA) is 48.1 Å². The van der Waals surface area contributed by atoms with Gasteiger partial charge in [0.2, 0.25) is 0 Å². The van der Waals surface area contributed by atoms with Gasteiger partial charge in [-0.15, -0.1) is 11.3 Å². The normalized spacial score (nSPS) is 14.1. The van der Waals surface area contributed by atoms with Crippen molar-refractivity contribution in [3.63, 3.8) is 0 Å². The molecule has 0 aliphatic heterocycles. The largest absolute Gasteiger partial charge is 0.482 e. The van der Waals surface area contributed by atoms with Crippen LogP contribution in [0.2, 0.25) is 0 Å². The monoisotopic (exact) mass is 404 g/mol. The molecule has 0 aromatic carbocycles. The summed E-state index contributed by atoms with van der Waals surface area (Å²) in [6.07, 6.45) is 4.12. The van der Waals surface area contributed by atoms with E-state index in [1.165, 1.54) is 0 Å². The number of nitrogens with two attached hydrogens (primary N) is 1. The van der Waals surface area contributed by atoms with Gasteiger partial charge in [-0.3, -0.25) is 4.98 Å². The van der Waals surface area contributed by atoms with E-state index in [-0.39, 0.29) is 12.1 Å². The Kier molecular flexibility index (Phi) is 5.38. The Labute approximate surface area is 133 Å². The number of nitrogens with zero attached hydrogens (tertiary/aromatic N) is 1. The number of hydrogen-bond acceptors (Lipinski definition) is 4. The zero-order valence-electron chi connectivity index (χ0n) is 10.3. The molecule has 2 aromatic rings. The molecular weight excluding hydrogens is 392 g/mol. The van der Waals surface area contributed by atoms with Gasteiger partial charge in [-0.05, 0) is 56.5 Å². The molecule has 0 bridgehead atoms. The second-order valence-electron chi connectivity index (χ2n) is 4.09. The molecule has 6 heteroatoms. The SMILES string of the molecule is CCC(N)C(Oc1cncc(Br)c1)c1ccc(Br)s1. The molecule has 2 rings (SSSR count). The summed E-state index contributed by atoms with van der Waals surface area (Å²) in [5, 5.41) is 0. The van der Waals surface area contributed by atoms with Gasteiger partial charge < -0.3 is 10.5 Å². The van der Waals surface area contributed by atoms with E-state index in [0.717, 1.165) is 19.6 Å². The number of pyridine rings is 1. The van der Waals surface area contributed by atoms with Gasteiger partial charge in [-0.1, -0.05) is 6.92 Å². The van der Waals surface area contributed by atoms with Crippen molar-refractivity contribution in [1.29, 1.82) is 0 Å². The molecule has 0 fully saturated rings. The Bertz CT molecular complexity index is 547. The van der Waals surface area contributed by atoms with Crippen molar-refractivity contribution in [3.05, 3.63) is 43.7 Å². The van der Waals surface area contributed by atoms with Crippen LogP contribution >= 0.6 is 43.2 Å². The number of aromatic nitrogens is 1. The highest BCUT2D eigenvalue weighted by Gasteiger charge is 2.22. The maximum Gasteiger partial charge on any atom is 0.148 e. The first-order valence-corrected chi connectivity index (χ1v) is 8.28. The second kappa shape index (κ2) is 6.83. The average Bonchev–Trinajstić information content (AvgIpc) is 2.81. The predicted molar refractivity (Wildman–Crippen MR) is 85.6 cm³/mol. The fraction of sp³-hybridized carbons (Fsp3) is 0.308. The van der Waals surface area contributed by atoms with Crippen molar-refractivity contribution >= 4 is 43.2 Å². The van der Waals surface area contributed by atoms with Gasteiger partial charge in [0, 0.05) is 21.6 Å². The second-order valence-corrected chi connectivity index (χ2v) is 7.50. The van der Waals surface area contributed by atoms with Gasteiger partial charge >= 0.3 is 0 Å². The van der Waals surface area contributed by atoms with Gasteiger partial charge in [0.15, 0.2) is 0 Å². The number of hydrogen-bond donors (Lipinski definition) is 1. The average molecular weight is 406 g/mol. The molecule has 2 N–H and O–H groups in total. The van der Waals surface area contributed by atoms with Crippen LogP contribution in [0, 0.1) is 0 Å². The van der Waals surface area contributed by atoms with Crippen molar-refractivity contribution in [1.82, 2.24) is 4.98 Å². The molecule has 19 heavy (non-hydrogen) atoms. The molecule has 2 atom stereocenters. The molecular formula is C13H14Br2N2OS. The standard InChI is InChI=1S/C13H14Br2N2OS/c1-2-10(16)13(11-3-4-12(15)19-11)18-9-5-8(14)6-17-7-9/h3-7,10,13H,2,16H2,1H3. The molecule has 0 aliphatic carbocycles. The molecule has 2 unspecified atom stereocenters. The molecule has 2 aromatic heterocycles. The van der Waals surface area contributed by atoms with E-state index in [2.05, 4.69) is 43.8 Å². The Balaban J connectivity index is 2.24. The Morgan fingerprint density at radius 3 is 2.74 bits per heavy atom. The summed E-state index contributed by atoms with van der Waals surface area (Å²) < 4.78 is 7.99. The first kappa shape index (κ1) is 15.0. The van der Waals surface area contributed by atoms with Crippen LogP contribution in [0.15, 0.2) is 38.9 Å². The Morgan fingerprint density at radius 1 is 1.37 bits per heavy atom. The van der Waals surface area contributed by atoms with Crippen LogP contribution in [0.1, 0.15) is 24.3 Å². The van der Waals surface area contributed by atoms with Crippen LogP contribution in [-0.2, 0) is 0 Å². The Morgan fingerprint density at radius 2 is 2.16 bits per heavy atom. The van der Waals surface area contributed by atoms with Crippen molar-refractivity contribution < 1.29 is 4.74 Å². The molecule has 2 heterocycles. The van der Waals surface area contributed by atoms with E-state index in [0.29, 0.717) is 5.75 Å².